The van der Waals surface area contributed by atoms with Gasteiger partial charge in [0.2, 0.25) is 0 Å². The van der Waals surface area contributed by atoms with Gasteiger partial charge in [-0.3, -0.25) is 0 Å². The highest BCUT2D eigenvalue weighted by Gasteiger charge is 2.03. The van der Waals surface area contributed by atoms with Gasteiger partial charge in [-0.05, 0) is 51.0 Å². The first kappa shape index (κ1) is 15.3. The fourth-order valence-corrected chi connectivity index (χ4v) is 1.41. The second-order valence-corrected chi connectivity index (χ2v) is 4.72. The highest BCUT2D eigenvalue weighted by atomic mass is 16.5. The van der Waals surface area contributed by atoms with Gasteiger partial charge in [0, 0.05) is 6.08 Å². The van der Waals surface area contributed by atoms with Crippen LogP contribution in [-0.4, -0.2) is 18.2 Å². The number of ether oxygens (including phenoxy) is 2. The number of carbonyl (C=O) groups excluding carboxylic acids is 1. The van der Waals surface area contributed by atoms with E-state index < -0.39 is 0 Å². The monoisotopic (exact) mass is 262 g/mol. The summed E-state index contributed by atoms with van der Waals surface area (Å²) in [5, 5.41) is 0. The van der Waals surface area contributed by atoms with Gasteiger partial charge in [0.1, 0.15) is 5.75 Å². The molecule has 1 aromatic rings. The highest BCUT2D eigenvalue weighted by Crippen LogP contribution is 2.14. The third-order valence-corrected chi connectivity index (χ3v) is 2.56. The predicted octanol–water partition coefficient (Wildman–Crippen LogP) is 3.83. The number of carbonyl (C=O) groups is 1. The molecule has 0 bridgehead atoms. The van der Waals surface area contributed by atoms with Crippen LogP contribution in [0.2, 0.25) is 0 Å². The molecule has 0 amide bonds. The van der Waals surface area contributed by atoms with Crippen molar-refractivity contribution in [1.29, 1.82) is 0 Å². The van der Waals surface area contributed by atoms with Crippen molar-refractivity contribution in [3.05, 3.63) is 35.9 Å². The lowest BCUT2D eigenvalue weighted by Crippen LogP contribution is -2.11. The van der Waals surface area contributed by atoms with Crippen LogP contribution in [0.15, 0.2) is 30.3 Å². The molecule has 0 spiro atoms. The van der Waals surface area contributed by atoms with Crippen molar-refractivity contribution in [2.45, 2.75) is 46.3 Å². The van der Waals surface area contributed by atoms with Crippen molar-refractivity contribution in [3.63, 3.8) is 0 Å². The molecule has 0 heterocycles. The minimum absolute atomic E-state index is 0.0426. The van der Waals surface area contributed by atoms with Gasteiger partial charge in [0.15, 0.2) is 0 Å². The van der Waals surface area contributed by atoms with Crippen LogP contribution in [0.1, 0.15) is 39.7 Å². The number of rotatable bonds is 6. The second-order valence-electron chi connectivity index (χ2n) is 4.72. The van der Waals surface area contributed by atoms with Crippen molar-refractivity contribution in [2.24, 2.45) is 0 Å². The molecule has 3 nitrogen and oxygen atoms in total. The number of benzene rings is 1. The number of hydrogen-bond donors (Lipinski definition) is 0. The van der Waals surface area contributed by atoms with Crippen LogP contribution in [0.4, 0.5) is 0 Å². The van der Waals surface area contributed by atoms with Crippen molar-refractivity contribution >= 4 is 12.0 Å². The molecule has 0 aliphatic carbocycles. The minimum atomic E-state index is -0.308. The van der Waals surface area contributed by atoms with Crippen LogP contribution in [-0.2, 0) is 9.53 Å². The van der Waals surface area contributed by atoms with Gasteiger partial charge >= 0.3 is 5.97 Å². The van der Waals surface area contributed by atoms with Gasteiger partial charge < -0.3 is 9.47 Å². The maximum Gasteiger partial charge on any atom is 0.331 e. The Balaban J connectivity index is 2.55. The Morgan fingerprint density at radius 2 is 1.84 bits per heavy atom. The Hall–Kier alpha value is -1.77. The SMILES string of the molecule is CCC(C)OC(=O)C=Cc1ccc(OC(C)C)cc1. The van der Waals surface area contributed by atoms with E-state index >= 15 is 0 Å². The Kier molecular flexibility index (Phi) is 6.13. The van der Waals surface area contributed by atoms with Crippen molar-refractivity contribution in [3.8, 4) is 5.75 Å². The molecular weight excluding hydrogens is 240 g/mol. The molecular formula is C16H22O3. The molecule has 0 radical (unpaired) electrons. The molecule has 0 saturated carbocycles. The molecule has 1 rings (SSSR count). The molecule has 0 fully saturated rings. The van der Waals surface area contributed by atoms with E-state index in [9.17, 15) is 4.79 Å². The first-order valence-electron chi connectivity index (χ1n) is 6.66. The molecule has 1 aromatic carbocycles. The Labute approximate surface area is 115 Å². The van der Waals surface area contributed by atoms with Crippen LogP contribution >= 0.6 is 0 Å². The Bertz CT molecular complexity index is 418. The molecule has 1 unspecified atom stereocenters. The van der Waals surface area contributed by atoms with E-state index in [2.05, 4.69) is 0 Å². The highest BCUT2D eigenvalue weighted by molar-refractivity contribution is 5.87. The van der Waals surface area contributed by atoms with E-state index in [4.69, 9.17) is 9.47 Å². The summed E-state index contributed by atoms with van der Waals surface area (Å²) in [6, 6.07) is 7.59. The molecule has 0 saturated heterocycles. The predicted molar refractivity (Wildman–Crippen MR) is 77.1 cm³/mol. The molecule has 19 heavy (non-hydrogen) atoms. The summed E-state index contributed by atoms with van der Waals surface area (Å²) in [7, 11) is 0. The summed E-state index contributed by atoms with van der Waals surface area (Å²) < 4.78 is 10.7. The van der Waals surface area contributed by atoms with E-state index in [0.29, 0.717) is 0 Å². The first-order valence-corrected chi connectivity index (χ1v) is 6.66. The normalized spacial score (nSPS) is 12.7. The molecule has 1 atom stereocenters. The summed E-state index contributed by atoms with van der Waals surface area (Å²) in [6.07, 6.45) is 4.13. The fraction of sp³-hybridized carbons (Fsp3) is 0.438. The van der Waals surface area contributed by atoms with Crippen molar-refractivity contribution < 1.29 is 14.3 Å². The summed E-state index contributed by atoms with van der Waals surface area (Å²) in [5.74, 6) is 0.520. The number of esters is 1. The second kappa shape index (κ2) is 7.62. The standard InChI is InChI=1S/C16H22O3/c1-5-13(4)19-16(17)11-8-14-6-9-15(10-7-14)18-12(2)3/h6-13H,5H2,1-4H3. The topological polar surface area (TPSA) is 35.5 Å². The Morgan fingerprint density at radius 3 is 2.37 bits per heavy atom. The third-order valence-electron chi connectivity index (χ3n) is 2.56. The smallest absolute Gasteiger partial charge is 0.331 e. The average molecular weight is 262 g/mol. The van der Waals surface area contributed by atoms with E-state index in [1.165, 1.54) is 6.08 Å². The van der Waals surface area contributed by atoms with Crippen molar-refractivity contribution in [1.82, 2.24) is 0 Å². The summed E-state index contributed by atoms with van der Waals surface area (Å²) in [5.41, 5.74) is 0.942. The van der Waals surface area contributed by atoms with Crippen LogP contribution in [0.3, 0.4) is 0 Å². The maximum absolute atomic E-state index is 11.5. The van der Waals surface area contributed by atoms with Gasteiger partial charge in [-0.15, -0.1) is 0 Å². The molecule has 0 aliphatic heterocycles. The first-order chi connectivity index (χ1) is 9.01. The molecule has 0 aliphatic rings. The van der Waals surface area contributed by atoms with Crippen LogP contribution in [0.25, 0.3) is 6.08 Å². The Morgan fingerprint density at radius 1 is 1.21 bits per heavy atom. The summed E-state index contributed by atoms with van der Waals surface area (Å²) in [4.78, 5) is 11.5. The zero-order valence-electron chi connectivity index (χ0n) is 12.1. The largest absolute Gasteiger partial charge is 0.491 e. The number of hydrogen-bond acceptors (Lipinski definition) is 3. The fourth-order valence-electron chi connectivity index (χ4n) is 1.41. The zero-order chi connectivity index (χ0) is 14.3. The van der Waals surface area contributed by atoms with Gasteiger partial charge in [0.25, 0.3) is 0 Å². The lowest BCUT2D eigenvalue weighted by atomic mass is 10.2. The van der Waals surface area contributed by atoms with Crippen LogP contribution < -0.4 is 4.74 Å². The van der Waals surface area contributed by atoms with Crippen LogP contribution in [0.5, 0.6) is 5.75 Å². The lowest BCUT2D eigenvalue weighted by molar-refractivity contribution is -0.142. The van der Waals surface area contributed by atoms with E-state index in [0.717, 1.165) is 17.7 Å². The third kappa shape index (κ3) is 6.09. The quantitative estimate of drug-likeness (QED) is 0.577. The zero-order valence-corrected chi connectivity index (χ0v) is 12.1. The van der Waals surface area contributed by atoms with E-state index in [1.54, 1.807) is 6.08 Å². The minimum Gasteiger partial charge on any atom is -0.491 e. The molecule has 104 valence electrons. The van der Waals surface area contributed by atoms with Gasteiger partial charge in [-0.1, -0.05) is 19.1 Å². The lowest BCUT2D eigenvalue weighted by Gasteiger charge is -2.09. The van der Waals surface area contributed by atoms with Gasteiger partial charge in [-0.2, -0.15) is 0 Å². The summed E-state index contributed by atoms with van der Waals surface area (Å²) in [6.45, 7) is 7.83. The maximum atomic E-state index is 11.5. The van der Waals surface area contributed by atoms with E-state index in [-0.39, 0.29) is 18.2 Å². The molecule has 0 aromatic heterocycles. The summed E-state index contributed by atoms with van der Waals surface area (Å²) >= 11 is 0. The van der Waals surface area contributed by atoms with Crippen LogP contribution in [0, 0.1) is 0 Å². The van der Waals surface area contributed by atoms with Gasteiger partial charge in [0.05, 0.1) is 12.2 Å². The van der Waals surface area contributed by atoms with Crippen molar-refractivity contribution in [2.75, 3.05) is 0 Å². The molecule has 0 N–H and O–H groups in total. The molecule has 3 heteroatoms. The van der Waals surface area contributed by atoms with E-state index in [1.807, 2.05) is 52.0 Å². The van der Waals surface area contributed by atoms with Gasteiger partial charge in [-0.25, -0.2) is 4.79 Å². The average Bonchev–Trinajstić information content (AvgIpc) is 2.37.